The van der Waals surface area contributed by atoms with Gasteiger partial charge < -0.3 is 31.3 Å². The molecule has 39 heavy (non-hydrogen) atoms. The van der Waals surface area contributed by atoms with Gasteiger partial charge in [0.1, 0.15) is 11.6 Å². The van der Waals surface area contributed by atoms with Crippen molar-refractivity contribution in [3.63, 3.8) is 0 Å². The molecular weight excluding hydrogens is 522 g/mol. The zero-order valence-electron chi connectivity index (χ0n) is 22.5. The molecule has 3 aromatic carbocycles. The molecular formula is C29H38ClN3O6. The van der Waals surface area contributed by atoms with E-state index >= 15 is 0 Å². The van der Waals surface area contributed by atoms with Crippen LogP contribution in [0.5, 0.6) is 0 Å². The highest BCUT2D eigenvalue weighted by Gasteiger charge is 2.25. The molecule has 0 spiro atoms. The van der Waals surface area contributed by atoms with Crippen molar-refractivity contribution in [2.24, 2.45) is 5.73 Å². The normalized spacial score (nSPS) is 11.6. The monoisotopic (exact) mass is 559 g/mol. The van der Waals surface area contributed by atoms with Crippen LogP contribution in [-0.2, 0) is 20.9 Å². The van der Waals surface area contributed by atoms with Crippen molar-refractivity contribution in [2.75, 3.05) is 7.05 Å². The summed E-state index contributed by atoms with van der Waals surface area (Å²) in [4.78, 5) is 36.6. The molecule has 212 valence electrons. The lowest BCUT2D eigenvalue weighted by Gasteiger charge is -2.22. The number of ether oxygens (including phenoxy) is 1. The lowest BCUT2D eigenvalue weighted by molar-refractivity contribution is -0.139. The Morgan fingerprint density at radius 1 is 0.872 bits per heavy atom. The fourth-order valence-electron chi connectivity index (χ4n) is 3.33. The molecule has 6 N–H and O–H groups in total. The van der Waals surface area contributed by atoms with Gasteiger partial charge in [-0.1, -0.05) is 91.0 Å². The molecule has 0 aliphatic heterocycles. The Hall–Kier alpha value is -3.92. The summed E-state index contributed by atoms with van der Waals surface area (Å²) < 4.78 is 5.03. The van der Waals surface area contributed by atoms with Gasteiger partial charge in [-0.05, 0) is 37.5 Å². The molecule has 0 saturated carbocycles. The predicted molar refractivity (Wildman–Crippen MR) is 153 cm³/mol. The van der Waals surface area contributed by atoms with Gasteiger partial charge in [0, 0.05) is 13.6 Å². The van der Waals surface area contributed by atoms with Crippen LogP contribution in [0.15, 0.2) is 91.0 Å². The van der Waals surface area contributed by atoms with Crippen LogP contribution in [-0.4, -0.2) is 46.1 Å². The Balaban J connectivity index is 0.000000706. The molecule has 0 aliphatic carbocycles. The van der Waals surface area contributed by atoms with Crippen molar-refractivity contribution in [1.29, 1.82) is 0 Å². The molecule has 0 heterocycles. The van der Waals surface area contributed by atoms with E-state index in [2.05, 4.69) is 5.32 Å². The topological polar surface area (TPSA) is 153 Å². The van der Waals surface area contributed by atoms with E-state index < -0.39 is 29.7 Å². The summed E-state index contributed by atoms with van der Waals surface area (Å²) in [6.45, 7) is 5.71. The average Bonchev–Trinajstić information content (AvgIpc) is 2.87. The first kappa shape index (κ1) is 35.1. The first-order valence-electron chi connectivity index (χ1n) is 11.8. The number of hydrogen-bond donors (Lipinski definition) is 3. The number of nitrogens with zero attached hydrogens (tertiary/aromatic N) is 1. The average molecular weight is 560 g/mol. The first-order valence-corrected chi connectivity index (χ1v) is 11.8. The summed E-state index contributed by atoms with van der Waals surface area (Å²) >= 11 is 0. The van der Waals surface area contributed by atoms with Gasteiger partial charge in [0.25, 0.3) is 0 Å². The van der Waals surface area contributed by atoms with E-state index in [-0.39, 0.29) is 23.8 Å². The number of aliphatic carboxylic acids is 1. The van der Waals surface area contributed by atoms with E-state index in [0.717, 1.165) is 11.1 Å². The molecule has 3 rings (SSSR count). The number of nitrogens with one attached hydrogen (secondary N) is 1. The lowest BCUT2D eigenvalue weighted by Crippen LogP contribution is -2.38. The van der Waals surface area contributed by atoms with Crippen LogP contribution < -0.4 is 11.1 Å². The number of amides is 2. The van der Waals surface area contributed by atoms with Crippen LogP contribution in [0.25, 0.3) is 0 Å². The molecule has 2 amide bonds. The molecule has 10 heteroatoms. The number of benzene rings is 3. The molecule has 0 saturated heterocycles. The number of hydrogen-bond acceptors (Lipinski definition) is 5. The Kier molecular flexibility index (Phi) is 15.1. The maximum Gasteiger partial charge on any atom is 0.408 e. The smallest absolute Gasteiger partial charge is 0.408 e. The minimum atomic E-state index is -1.13. The number of likely N-dealkylation sites (N-methyl/N-ethyl adjacent to an activating group) is 1. The van der Waals surface area contributed by atoms with Gasteiger partial charge in [-0.3, -0.25) is 4.79 Å². The van der Waals surface area contributed by atoms with E-state index in [0.29, 0.717) is 12.1 Å². The second-order valence-corrected chi connectivity index (χ2v) is 9.40. The molecule has 3 aromatic rings. The minimum absolute atomic E-state index is 0. The van der Waals surface area contributed by atoms with Crippen LogP contribution in [0.2, 0.25) is 0 Å². The van der Waals surface area contributed by atoms with Crippen LogP contribution in [0.3, 0.4) is 0 Å². The number of carbonyl (C=O) groups excluding carboxylic acids is 2. The van der Waals surface area contributed by atoms with Crippen LogP contribution >= 0.6 is 12.4 Å². The fourth-order valence-corrected chi connectivity index (χ4v) is 3.33. The second kappa shape index (κ2) is 16.8. The molecule has 9 nitrogen and oxygen atoms in total. The maximum atomic E-state index is 12.2. The molecule has 0 radical (unpaired) electrons. The summed E-state index contributed by atoms with van der Waals surface area (Å²) in [6, 6.07) is 26.1. The van der Waals surface area contributed by atoms with Crippen LogP contribution in [0.1, 0.15) is 49.5 Å². The van der Waals surface area contributed by atoms with Crippen molar-refractivity contribution in [3.05, 3.63) is 108 Å². The molecule has 0 fully saturated rings. The van der Waals surface area contributed by atoms with Gasteiger partial charge in [0.2, 0.25) is 5.91 Å². The minimum Gasteiger partial charge on any atom is -0.479 e. The number of carboxylic acid groups (broad SMARTS) is 1. The largest absolute Gasteiger partial charge is 0.479 e. The molecule has 0 aromatic heterocycles. The molecule has 0 aliphatic rings. The van der Waals surface area contributed by atoms with Gasteiger partial charge in [-0.15, -0.1) is 12.4 Å². The highest BCUT2D eigenvalue weighted by molar-refractivity contribution is 5.85. The highest BCUT2D eigenvalue weighted by Crippen LogP contribution is 2.15. The Bertz CT molecular complexity index is 1140. The van der Waals surface area contributed by atoms with Gasteiger partial charge in [-0.2, -0.15) is 0 Å². The number of carbonyl (C=O) groups is 3. The quantitative estimate of drug-likeness (QED) is 0.392. The van der Waals surface area contributed by atoms with E-state index in [4.69, 9.17) is 15.6 Å². The Morgan fingerprint density at radius 3 is 1.74 bits per heavy atom. The summed E-state index contributed by atoms with van der Waals surface area (Å²) in [6.07, 6.45) is -0.751. The number of carboxylic acids is 1. The summed E-state index contributed by atoms with van der Waals surface area (Å²) in [5.74, 6) is -1.21. The highest BCUT2D eigenvalue weighted by atomic mass is 35.5. The lowest BCUT2D eigenvalue weighted by atomic mass is 10.1. The third-order valence-electron chi connectivity index (χ3n) is 5.10. The summed E-state index contributed by atoms with van der Waals surface area (Å²) in [5.41, 5.74) is 7.77. The summed E-state index contributed by atoms with van der Waals surface area (Å²) in [7, 11) is 1.78. The second-order valence-electron chi connectivity index (χ2n) is 9.40. The third kappa shape index (κ3) is 12.4. The predicted octanol–water partition coefficient (Wildman–Crippen LogP) is 4.28. The van der Waals surface area contributed by atoms with Crippen molar-refractivity contribution in [1.82, 2.24) is 10.2 Å². The van der Waals surface area contributed by atoms with Crippen molar-refractivity contribution >= 4 is 30.4 Å². The van der Waals surface area contributed by atoms with Gasteiger partial charge in [0.05, 0.1) is 0 Å². The van der Waals surface area contributed by atoms with E-state index in [1.807, 2.05) is 60.7 Å². The van der Waals surface area contributed by atoms with Crippen molar-refractivity contribution in [3.8, 4) is 0 Å². The van der Waals surface area contributed by atoms with Crippen LogP contribution in [0, 0.1) is 0 Å². The third-order valence-corrected chi connectivity index (χ3v) is 5.10. The van der Waals surface area contributed by atoms with Gasteiger partial charge in [0.15, 0.2) is 6.04 Å². The van der Waals surface area contributed by atoms with E-state index in [9.17, 15) is 14.4 Å². The van der Waals surface area contributed by atoms with Crippen molar-refractivity contribution in [2.45, 2.75) is 45.0 Å². The Labute approximate surface area is 235 Å². The van der Waals surface area contributed by atoms with Crippen LogP contribution in [0.4, 0.5) is 4.79 Å². The molecule has 0 bridgehead atoms. The maximum absolute atomic E-state index is 12.2. The zero-order valence-corrected chi connectivity index (χ0v) is 23.4. The first-order chi connectivity index (χ1) is 17.5. The number of alkyl carbamates (subject to hydrolysis) is 1. The van der Waals surface area contributed by atoms with Gasteiger partial charge in [-0.25, -0.2) is 9.59 Å². The molecule has 2 atom stereocenters. The summed E-state index contributed by atoms with van der Waals surface area (Å²) in [5, 5.41) is 11.4. The Morgan fingerprint density at radius 2 is 1.31 bits per heavy atom. The fraction of sp³-hybridized carbons (Fsp3) is 0.276. The SMILES string of the molecule is CC(C)(C)OC(=O)N[C@H](C(=O)O)c1ccccc1.CN(Cc1ccccc1)C(=O)[C@@H](N)c1ccccc1.Cl.O. The number of rotatable bonds is 7. The number of halogens is 1. The van der Waals surface area contributed by atoms with E-state index in [1.165, 1.54) is 0 Å². The number of nitrogens with two attached hydrogens (primary N) is 1. The standard InChI is InChI=1S/C16H18N2O.C13H17NO4.ClH.H2O/c1-18(12-13-8-4-2-5-9-13)16(19)15(17)14-10-6-3-7-11-14;1-13(2,3)18-12(17)14-10(11(15)16)9-7-5-4-6-8-9;;/h2-11,15H,12,17H2,1H3;4-8,10H,1-3H3,(H,14,17)(H,15,16);1H;1H2/t15-;10-;;/m00../s1. The molecule has 0 unspecified atom stereocenters. The van der Waals surface area contributed by atoms with E-state index in [1.54, 1.807) is 63.1 Å². The van der Waals surface area contributed by atoms with Gasteiger partial charge >= 0.3 is 12.1 Å². The van der Waals surface area contributed by atoms with Crippen molar-refractivity contribution < 1.29 is 29.7 Å². The zero-order chi connectivity index (χ0) is 27.4.